The number of carboxylic acids is 1. The molecule has 0 rings (SSSR count). The largest absolute Gasteiger partial charge is 0.480 e. The molecule has 0 aromatic heterocycles. The van der Waals surface area contributed by atoms with Crippen LogP contribution in [0.5, 0.6) is 0 Å². The van der Waals surface area contributed by atoms with E-state index in [2.05, 4.69) is 20.9 Å². The van der Waals surface area contributed by atoms with Crippen LogP contribution in [0.15, 0.2) is 4.99 Å². The lowest BCUT2D eigenvalue weighted by Crippen LogP contribution is -2.55. The molecule has 0 aromatic rings. The lowest BCUT2D eigenvalue weighted by Gasteiger charge is -2.23. The number of hydrogen-bond acceptors (Lipinski definition) is 6. The summed E-state index contributed by atoms with van der Waals surface area (Å²) in [6, 6.07) is -2.71. The molecule has 29 heavy (non-hydrogen) atoms. The van der Waals surface area contributed by atoms with Crippen molar-refractivity contribution in [3.63, 3.8) is 0 Å². The number of carbonyl (C=O) groups is 4. The molecule has 0 radical (unpaired) electrons. The van der Waals surface area contributed by atoms with Crippen LogP contribution in [0.4, 0.5) is 0 Å². The number of guanidine groups is 1. The van der Waals surface area contributed by atoms with Gasteiger partial charge in [-0.05, 0) is 25.7 Å². The minimum Gasteiger partial charge on any atom is -0.480 e. The maximum Gasteiger partial charge on any atom is 0.322 e. The first-order chi connectivity index (χ1) is 13.5. The van der Waals surface area contributed by atoms with E-state index in [4.69, 9.17) is 22.3 Å². The summed E-state index contributed by atoms with van der Waals surface area (Å²) in [7, 11) is 0. The molecule has 0 heterocycles. The normalized spacial score (nSPS) is 14.6. The van der Waals surface area contributed by atoms with E-state index in [-0.39, 0.29) is 24.8 Å². The number of aliphatic imine (C=N–C) groups is 1. The van der Waals surface area contributed by atoms with Gasteiger partial charge in [-0.2, -0.15) is 0 Å². The maximum absolute atomic E-state index is 12.4. The summed E-state index contributed by atoms with van der Waals surface area (Å²) in [5, 5.41) is 15.9. The molecule has 12 nitrogen and oxygen atoms in total. The second-order valence-electron chi connectivity index (χ2n) is 6.76. The van der Waals surface area contributed by atoms with Crippen LogP contribution in [-0.2, 0) is 19.2 Å². The number of rotatable bonds is 13. The first kappa shape index (κ1) is 26.1. The average molecular weight is 415 g/mol. The van der Waals surface area contributed by atoms with Crippen LogP contribution < -0.4 is 33.2 Å². The van der Waals surface area contributed by atoms with Gasteiger partial charge in [0.25, 0.3) is 0 Å². The van der Waals surface area contributed by atoms with Gasteiger partial charge in [-0.1, -0.05) is 20.3 Å². The van der Waals surface area contributed by atoms with Crippen LogP contribution in [0, 0.1) is 5.92 Å². The molecule has 3 amide bonds. The standard InChI is InChI=1S/C17H33N7O5/c1-4-9(2)13(18)16(29)23-10(3)14(27)24-11(6-5-7-21-17(19)20)15(28)22-8-12(25)26/h9-11,13H,4-8,18H2,1-3H3,(H,22,28)(H,23,29)(H,24,27)(H,25,26)(H4,19,20,21). The van der Waals surface area contributed by atoms with E-state index in [0.29, 0.717) is 12.8 Å². The average Bonchev–Trinajstić information content (AvgIpc) is 2.66. The molecule has 4 atom stereocenters. The van der Waals surface area contributed by atoms with E-state index in [1.807, 2.05) is 13.8 Å². The Morgan fingerprint density at radius 3 is 2.17 bits per heavy atom. The Labute approximate surface area is 170 Å². The highest BCUT2D eigenvalue weighted by molar-refractivity contribution is 5.93. The summed E-state index contributed by atoms with van der Waals surface area (Å²) < 4.78 is 0. The third-order valence-corrected chi connectivity index (χ3v) is 4.30. The number of hydrogen-bond donors (Lipinski definition) is 7. The van der Waals surface area contributed by atoms with Gasteiger partial charge in [0.2, 0.25) is 17.7 Å². The molecular formula is C17H33N7O5. The van der Waals surface area contributed by atoms with E-state index in [1.165, 1.54) is 6.92 Å². The molecule has 166 valence electrons. The second-order valence-corrected chi connectivity index (χ2v) is 6.76. The van der Waals surface area contributed by atoms with E-state index in [0.717, 1.165) is 0 Å². The highest BCUT2D eigenvalue weighted by atomic mass is 16.4. The smallest absolute Gasteiger partial charge is 0.322 e. The quantitative estimate of drug-likeness (QED) is 0.0975. The number of amides is 3. The minimum absolute atomic E-state index is 0.0599. The minimum atomic E-state index is -1.22. The van der Waals surface area contributed by atoms with Gasteiger partial charge in [-0.3, -0.25) is 24.2 Å². The van der Waals surface area contributed by atoms with Crippen LogP contribution in [0.2, 0.25) is 0 Å². The van der Waals surface area contributed by atoms with Gasteiger partial charge in [-0.15, -0.1) is 0 Å². The molecule has 0 fully saturated rings. The number of carbonyl (C=O) groups excluding carboxylic acids is 3. The molecular weight excluding hydrogens is 382 g/mol. The zero-order valence-corrected chi connectivity index (χ0v) is 17.1. The summed E-state index contributed by atoms with van der Waals surface area (Å²) in [5.41, 5.74) is 16.3. The monoisotopic (exact) mass is 415 g/mol. The molecule has 0 spiro atoms. The molecule has 10 N–H and O–H groups in total. The van der Waals surface area contributed by atoms with E-state index < -0.39 is 48.4 Å². The summed E-state index contributed by atoms with van der Waals surface area (Å²) >= 11 is 0. The third-order valence-electron chi connectivity index (χ3n) is 4.30. The summed E-state index contributed by atoms with van der Waals surface area (Å²) in [5.74, 6) is -3.12. The van der Waals surface area contributed by atoms with Gasteiger partial charge in [0.15, 0.2) is 5.96 Å². The van der Waals surface area contributed by atoms with Crippen molar-refractivity contribution in [2.24, 2.45) is 28.1 Å². The van der Waals surface area contributed by atoms with Crippen molar-refractivity contribution < 1.29 is 24.3 Å². The fourth-order valence-electron chi connectivity index (χ4n) is 2.24. The van der Waals surface area contributed by atoms with Gasteiger partial charge in [-0.25, -0.2) is 0 Å². The van der Waals surface area contributed by atoms with Crippen molar-refractivity contribution in [1.82, 2.24) is 16.0 Å². The zero-order chi connectivity index (χ0) is 22.6. The Balaban J connectivity index is 4.92. The van der Waals surface area contributed by atoms with E-state index >= 15 is 0 Å². The van der Waals surface area contributed by atoms with E-state index in [9.17, 15) is 19.2 Å². The van der Waals surface area contributed by atoms with E-state index in [1.54, 1.807) is 0 Å². The lowest BCUT2D eigenvalue weighted by atomic mass is 9.99. The Morgan fingerprint density at radius 2 is 1.66 bits per heavy atom. The van der Waals surface area contributed by atoms with Gasteiger partial charge in [0.1, 0.15) is 18.6 Å². The molecule has 0 saturated heterocycles. The summed E-state index contributed by atoms with van der Waals surface area (Å²) in [6.45, 7) is 4.83. The maximum atomic E-state index is 12.4. The number of nitrogens with zero attached hydrogens (tertiary/aromatic N) is 1. The number of nitrogens with two attached hydrogens (primary N) is 3. The van der Waals surface area contributed by atoms with Gasteiger partial charge < -0.3 is 38.3 Å². The van der Waals surface area contributed by atoms with Crippen molar-refractivity contribution in [2.75, 3.05) is 13.1 Å². The molecule has 4 unspecified atom stereocenters. The van der Waals surface area contributed by atoms with Crippen molar-refractivity contribution in [3.8, 4) is 0 Å². The van der Waals surface area contributed by atoms with Crippen LogP contribution in [0.25, 0.3) is 0 Å². The van der Waals surface area contributed by atoms with Crippen LogP contribution in [0.1, 0.15) is 40.0 Å². The Hall–Kier alpha value is -2.89. The number of carboxylic acid groups (broad SMARTS) is 1. The first-order valence-corrected chi connectivity index (χ1v) is 9.40. The molecule has 0 aromatic carbocycles. The Bertz CT molecular complexity index is 607. The SMILES string of the molecule is CCC(C)C(N)C(=O)NC(C)C(=O)NC(CCCN=C(N)N)C(=O)NCC(=O)O. The fraction of sp³-hybridized carbons (Fsp3) is 0.706. The molecule has 0 aliphatic carbocycles. The summed E-state index contributed by atoms with van der Waals surface area (Å²) in [6.07, 6.45) is 1.24. The van der Waals surface area contributed by atoms with Gasteiger partial charge >= 0.3 is 5.97 Å². The molecule has 0 saturated carbocycles. The zero-order valence-electron chi connectivity index (χ0n) is 17.1. The molecule has 0 bridgehead atoms. The number of aliphatic carboxylic acids is 1. The van der Waals surface area contributed by atoms with Crippen molar-refractivity contribution in [1.29, 1.82) is 0 Å². The molecule has 0 aliphatic heterocycles. The molecule has 0 aliphatic rings. The predicted molar refractivity (Wildman–Crippen MR) is 108 cm³/mol. The fourth-order valence-corrected chi connectivity index (χ4v) is 2.24. The van der Waals surface area contributed by atoms with Crippen LogP contribution >= 0.6 is 0 Å². The summed E-state index contributed by atoms with van der Waals surface area (Å²) in [4.78, 5) is 51.2. The Kier molecular flexibility index (Phi) is 12.0. The second kappa shape index (κ2) is 13.3. The lowest BCUT2D eigenvalue weighted by molar-refractivity contribution is -0.138. The van der Waals surface area contributed by atoms with Crippen molar-refractivity contribution in [3.05, 3.63) is 0 Å². The van der Waals surface area contributed by atoms with Gasteiger partial charge in [0, 0.05) is 6.54 Å². The van der Waals surface area contributed by atoms with Crippen molar-refractivity contribution >= 4 is 29.7 Å². The molecule has 12 heteroatoms. The van der Waals surface area contributed by atoms with Gasteiger partial charge in [0.05, 0.1) is 6.04 Å². The van der Waals surface area contributed by atoms with Crippen LogP contribution in [0.3, 0.4) is 0 Å². The number of nitrogens with one attached hydrogen (secondary N) is 3. The highest BCUT2D eigenvalue weighted by Gasteiger charge is 2.26. The van der Waals surface area contributed by atoms with Crippen molar-refractivity contribution in [2.45, 2.75) is 58.2 Å². The predicted octanol–water partition coefficient (Wildman–Crippen LogP) is -2.40. The highest BCUT2D eigenvalue weighted by Crippen LogP contribution is 2.06. The first-order valence-electron chi connectivity index (χ1n) is 9.40. The topological polar surface area (TPSA) is 215 Å². The Morgan fingerprint density at radius 1 is 1.03 bits per heavy atom. The third kappa shape index (κ3) is 10.9. The van der Waals surface area contributed by atoms with Crippen LogP contribution in [-0.4, -0.2) is 66.0 Å².